The number of non-ortho nitro benzene ring substituents is 1. The Labute approximate surface area is 141 Å². The van der Waals surface area contributed by atoms with Crippen LogP contribution in [0.15, 0.2) is 24.3 Å². The number of carbonyl (C=O) groups is 1. The van der Waals surface area contributed by atoms with Gasteiger partial charge >= 0.3 is 6.03 Å². The minimum absolute atomic E-state index is 0.154. The summed E-state index contributed by atoms with van der Waals surface area (Å²) in [5.41, 5.74) is -0.0398. The van der Waals surface area contributed by atoms with Crippen LogP contribution in [0.25, 0.3) is 0 Å². The van der Waals surface area contributed by atoms with Crippen LogP contribution in [0.1, 0.15) is 0 Å². The van der Waals surface area contributed by atoms with E-state index in [1.54, 1.807) is 0 Å². The number of benzene rings is 1. The van der Waals surface area contributed by atoms with Crippen molar-refractivity contribution in [2.24, 2.45) is 0 Å². The van der Waals surface area contributed by atoms with E-state index < -0.39 is 48.2 Å². The number of rotatable bonds is 8. The molecule has 0 aliphatic heterocycles. The first-order valence-electron chi connectivity index (χ1n) is 7.00. The number of anilines is 1. The van der Waals surface area contributed by atoms with Crippen molar-refractivity contribution in [1.82, 2.24) is 5.32 Å². The van der Waals surface area contributed by atoms with Gasteiger partial charge in [-0.3, -0.25) is 10.1 Å². The lowest BCUT2D eigenvalue weighted by Crippen LogP contribution is -2.55. The molecular weight excluding hydrogens is 342 g/mol. The summed E-state index contributed by atoms with van der Waals surface area (Å²) in [5, 5.41) is 70.7. The number of hydrogen-bond acceptors (Lipinski definition) is 9. The number of aliphatic hydroxyl groups excluding tert-OH is 6. The van der Waals surface area contributed by atoms with Crippen LogP contribution in [0.4, 0.5) is 16.2 Å². The van der Waals surface area contributed by atoms with Crippen LogP contribution >= 0.6 is 0 Å². The molecule has 1 aromatic carbocycles. The summed E-state index contributed by atoms with van der Waals surface area (Å²) >= 11 is 0. The van der Waals surface area contributed by atoms with Crippen molar-refractivity contribution in [2.45, 2.75) is 30.6 Å². The topological polar surface area (TPSA) is 206 Å². The minimum Gasteiger partial charge on any atom is -0.394 e. The highest BCUT2D eigenvalue weighted by molar-refractivity contribution is 5.89. The first-order chi connectivity index (χ1) is 11.7. The van der Waals surface area contributed by atoms with Gasteiger partial charge in [-0.25, -0.2) is 4.79 Å². The standard InChI is InChI=1S/C13H19N3O9/c17-5-8(18)9(19)10(20)11(21)12(22)15-13(23)14-6-1-3-7(4-2-6)16(24)25/h1-4,8-12,17-22H,5H2,(H2,14,15,23)/t8-,9+,10+,11+,12?/m0/s1. The zero-order valence-corrected chi connectivity index (χ0v) is 12.8. The number of hydrogen-bond donors (Lipinski definition) is 8. The summed E-state index contributed by atoms with van der Waals surface area (Å²) < 4.78 is 0. The van der Waals surface area contributed by atoms with E-state index in [4.69, 9.17) is 10.2 Å². The summed E-state index contributed by atoms with van der Waals surface area (Å²) in [6, 6.07) is 3.73. The van der Waals surface area contributed by atoms with Crippen molar-refractivity contribution >= 4 is 17.4 Å². The fourth-order valence-electron chi connectivity index (χ4n) is 1.78. The second-order valence-corrected chi connectivity index (χ2v) is 5.07. The van der Waals surface area contributed by atoms with Crippen molar-refractivity contribution in [3.63, 3.8) is 0 Å². The first-order valence-corrected chi connectivity index (χ1v) is 7.00. The normalized spacial score (nSPS) is 17.0. The number of carbonyl (C=O) groups excluding carboxylic acids is 1. The summed E-state index contributed by atoms with van der Waals surface area (Å²) in [5.74, 6) is 0. The third-order valence-corrected chi connectivity index (χ3v) is 3.22. The third-order valence-electron chi connectivity index (χ3n) is 3.22. The van der Waals surface area contributed by atoms with Crippen molar-refractivity contribution < 1.29 is 40.4 Å². The van der Waals surface area contributed by atoms with Gasteiger partial charge in [-0.15, -0.1) is 0 Å². The largest absolute Gasteiger partial charge is 0.394 e. The van der Waals surface area contributed by atoms with Gasteiger partial charge in [0.15, 0.2) is 6.23 Å². The number of nitro groups is 1. The molecule has 1 aromatic rings. The minimum atomic E-state index is -2.07. The van der Waals surface area contributed by atoms with Crippen molar-refractivity contribution in [2.75, 3.05) is 11.9 Å². The summed E-state index contributed by atoms with van der Waals surface area (Å²) in [6.45, 7) is -0.894. The number of nitrogens with zero attached hydrogens (tertiary/aromatic N) is 1. The Kier molecular flexibility index (Phi) is 7.63. The molecule has 1 unspecified atom stereocenters. The molecular formula is C13H19N3O9. The predicted molar refractivity (Wildman–Crippen MR) is 82.4 cm³/mol. The first kappa shape index (κ1) is 20.7. The quantitative estimate of drug-likeness (QED) is 0.139. The number of nitrogens with one attached hydrogen (secondary N) is 2. The van der Waals surface area contributed by atoms with E-state index in [1.807, 2.05) is 5.32 Å². The highest BCUT2D eigenvalue weighted by Crippen LogP contribution is 2.15. The van der Waals surface area contributed by atoms with E-state index in [2.05, 4.69) is 5.32 Å². The van der Waals surface area contributed by atoms with Gasteiger partial charge in [0.2, 0.25) is 0 Å². The zero-order chi connectivity index (χ0) is 19.1. The highest BCUT2D eigenvalue weighted by atomic mass is 16.6. The van der Waals surface area contributed by atoms with Crippen LogP contribution in [0.5, 0.6) is 0 Å². The van der Waals surface area contributed by atoms with Gasteiger partial charge in [0.25, 0.3) is 5.69 Å². The molecule has 0 radical (unpaired) electrons. The average Bonchev–Trinajstić information content (AvgIpc) is 2.59. The van der Waals surface area contributed by atoms with Crippen molar-refractivity contribution in [3.05, 3.63) is 34.4 Å². The monoisotopic (exact) mass is 361 g/mol. The zero-order valence-electron chi connectivity index (χ0n) is 12.8. The van der Waals surface area contributed by atoms with Crippen LogP contribution < -0.4 is 10.6 Å². The van der Waals surface area contributed by atoms with Crippen LogP contribution in [-0.2, 0) is 0 Å². The molecule has 0 aliphatic rings. The van der Waals surface area contributed by atoms with Gasteiger partial charge in [0.05, 0.1) is 11.5 Å². The van der Waals surface area contributed by atoms with Gasteiger partial charge in [-0.05, 0) is 12.1 Å². The maximum Gasteiger partial charge on any atom is 0.321 e. The Balaban J connectivity index is 2.59. The third kappa shape index (κ3) is 5.90. The molecule has 140 valence electrons. The Morgan fingerprint density at radius 2 is 1.60 bits per heavy atom. The SMILES string of the molecule is O=C(Nc1ccc([N+](=O)[O-])cc1)NC(O)[C@H](O)[C@H](O)[C@H](O)[C@@H](O)CO. The lowest BCUT2D eigenvalue weighted by Gasteiger charge is -2.28. The van der Waals surface area contributed by atoms with Gasteiger partial charge in [0, 0.05) is 17.8 Å². The van der Waals surface area contributed by atoms with Gasteiger partial charge in [0.1, 0.15) is 24.4 Å². The second-order valence-electron chi connectivity index (χ2n) is 5.07. The molecule has 0 saturated carbocycles. The van der Waals surface area contributed by atoms with Crippen LogP contribution in [0.2, 0.25) is 0 Å². The second kappa shape index (κ2) is 9.22. The van der Waals surface area contributed by atoms with Crippen LogP contribution in [0.3, 0.4) is 0 Å². The summed E-state index contributed by atoms with van der Waals surface area (Å²) in [4.78, 5) is 21.6. The van der Waals surface area contributed by atoms with Crippen LogP contribution in [0, 0.1) is 10.1 Å². The van der Waals surface area contributed by atoms with Gasteiger partial charge < -0.3 is 41.3 Å². The lowest BCUT2D eigenvalue weighted by molar-refractivity contribution is -0.384. The molecule has 0 fully saturated rings. The van der Waals surface area contributed by atoms with Crippen molar-refractivity contribution in [3.8, 4) is 0 Å². The molecule has 12 heteroatoms. The average molecular weight is 361 g/mol. The van der Waals surface area contributed by atoms with Gasteiger partial charge in [-0.2, -0.15) is 0 Å². The molecule has 2 amide bonds. The molecule has 0 heterocycles. The number of aliphatic hydroxyl groups is 6. The smallest absolute Gasteiger partial charge is 0.321 e. The Bertz CT molecular complexity index is 583. The van der Waals surface area contributed by atoms with E-state index in [0.717, 1.165) is 12.1 Å². The maximum absolute atomic E-state index is 11.7. The summed E-state index contributed by atoms with van der Waals surface area (Å²) in [7, 11) is 0. The van der Waals surface area contributed by atoms with Crippen LogP contribution in [-0.4, -0.2) is 78.8 Å². The molecule has 0 spiro atoms. The molecule has 8 N–H and O–H groups in total. The Morgan fingerprint density at radius 1 is 1.04 bits per heavy atom. The maximum atomic E-state index is 11.7. The Morgan fingerprint density at radius 3 is 2.08 bits per heavy atom. The number of nitro benzene ring substituents is 1. The number of amides is 2. The number of urea groups is 1. The van der Waals surface area contributed by atoms with E-state index in [9.17, 15) is 35.3 Å². The van der Waals surface area contributed by atoms with E-state index in [-0.39, 0.29) is 11.4 Å². The molecule has 5 atom stereocenters. The molecule has 0 aliphatic carbocycles. The molecule has 0 bridgehead atoms. The highest BCUT2D eigenvalue weighted by Gasteiger charge is 2.34. The Hall–Kier alpha value is -2.35. The van der Waals surface area contributed by atoms with E-state index >= 15 is 0 Å². The molecule has 0 saturated heterocycles. The predicted octanol–water partition coefficient (Wildman–Crippen LogP) is -2.53. The van der Waals surface area contributed by atoms with E-state index in [0.29, 0.717) is 0 Å². The molecule has 1 rings (SSSR count). The van der Waals surface area contributed by atoms with Crippen molar-refractivity contribution in [1.29, 1.82) is 0 Å². The van der Waals surface area contributed by atoms with E-state index in [1.165, 1.54) is 12.1 Å². The lowest BCUT2D eigenvalue weighted by atomic mass is 10.0. The van der Waals surface area contributed by atoms with Gasteiger partial charge in [-0.1, -0.05) is 0 Å². The fourth-order valence-corrected chi connectivity index (χ4v) is 1.78. The molecule has 0 aromatic heterocycles. The fraction of sp³-hybridized carbons (Fsp3) is 0.462. The summed E-state index contributed by atoms with van der Waals surface area (Å²) in [6.07, 6.45) is -9.87. The molecule has 25 heavy (non-hydrogen) atoms. The molecule has 12 nitrogen and oxygen atoms in total.